The van der Waals surface area contributed by atoms with Crippen molar-refractivity contribution < 1.29 is 0 Å². The molecule has 0 spiro atoms. The molecule has 1 aliphatic rings. The molecule has 2 aromatic rings. The van der Waals surface area contributed by atoms with E-state index in [4.69, 9.17) is 4.98 Å². The molecular formula is C17H23N3S. The minimum Gasteiger partial charge on any atom is -0.330 e. The lowest BCUT2D eigenvalue weighted by atomic mass is 10.1. The average Bonchev–Trinajstić information content (AvgIpc) is 2.85. The molecule has 3 nitrogen and oxygen atoms in total. The van der Waals surface area contributed by atoms with Gasteiger partial charge in [0.25, 0.3) is 0 Å². The Bertz CT molecular complexity index is 592. The molecule has 3 rings (SSSR count). The number of rotatable bonds is 5. The van der Waals surface area contributed by atoms with Crippen molar-refractivity contribution in [2.24, 2.45) is 7.05 Å². The van der Waals surface area contributed by atoms with Crippen molar-refractivity contribution in [1.29, 1.82) is 0 Å². The first-order valence-electron chi connectivity index (χ1n) is 7.61. The summed E-state index contributed by atoms with van der Waals surface area (Å²) in [5.41, 5.74) is 3.89. The molecular weight excluding hydrogens is 278 g/mol. The molecule has 1 aromatic heterocycles. The molecule has 112 valence electrons. The average molecular weight is 301 g/mol. The number of benzene rings is 1. The van der Waals surface area contributed by atoms with E-state index in [0.717, 1.165) is 25.3 Å². The van der Waals surface area contributed by atoms with Crippen LogP contribution in [0.4, 0.5) is 0 Å². The summed E-state index contributed by atoms with van der Waals surface area (Å²) in [4.78, 5) is 7.45. The third-order valence-electron chi connectivity index (χ3n) is 4.19. The Balaban J connectivity index is 1.78. The fourth-order valence-corrected chi connectivity index (χ4v) is 3.43. The largest absolute Gasteiger partial charge is 0.330 e. The molecule has 4 heteroatoms. The lowest BCUT2D eigenvalue weighted by molar-refractivity contribution is 0.248. The van der Waals surface area contributed by atoms with Crippen molar-refractivity contribution in [2.75, 3.05) is 25.1 Å². The SMILES string of the molecule is CSCCCN1CCc2nc(-c3ccccc3)n(C)c2C1. The van der Waals surface area contributed by atoms with Crippen molar-refractivity contribution >= 4 is 11.8 Å². The second-order valence-corrected chi connectivity index (χ2v) is 6.61. The van der Waals surface area contributed by atoms with Gasteiger partial charge >= 0.3 is 0 Å². The van der Waals surface area contributed by atoms with Gasteiger partial charge in [-0.05, 0) is 25.0 Å². The Labute approximate surface area is 131 Å². The van der Waals surface area contributed by atoms with Gasteiger partial charge in [0.15, 0.2) is 0 Å². The van der Waals surface area contributed by atoms with E-state index in [2.05, 4.69) is 53.1 Å². The van der Waals surface area contributed by atoms with E-state index in [1.54, 1.807) is 0 Å². The van der Waals surface area contributed by atoms with Crippen molar-refractivity contribution in [3.63, 3.8) is 0 Å². The monoisotopic (exact) mass is 301 g/mol. The molecule has 0 aliphatic carbocycles. The van der Waals surface area contributed by atoms with Crippen LogP contribution >= 0.6 is 11.8 Å². The molecule has 0 fully saturated rings. The van der Waals surface area contributed by atoms with Crippen molar-refractivity contribution in [3.05, 3.63) is 41.7 Å². The highest BCUT2D eigenvalue weighted by atomic mass is 32.2. The second kappa shape index (κ2) is 6.67. The van der Waals surface area contributed by atoms with Gasteiger partial charge in [0, 0.05) is 32.1 Å². The molecule has 0 radical (unpaired) electrons. The quantitative estimate of drug-likeness (QED) is 0.791. The van der Waals surface area contributed by atoms with E-state index in [1.807, 2.05) is 11.8 Å². The summed E-state index contributed by atoms with van der Waals surface area (Å²) >= 11 is 1.94. The molecule has 0 bridgehead atoms. The van der Waals surface area contributed by atoms with Crippen molar-refractivity contribution in [2.45, 2.75) is 19.4 Å². The number of nitrogens with zero attached hydrogens (tertiary/aromatic N) is 3. The van der Waals surface area contributed by atoms with Gasteiger partial charge in [-0.15, -0.1) is 0 Å². The minimum atomic E-state index is 1.04. The summed E-state index contributed by atoms with van der Waals surface area (Å²) in [5.74, 6) is 2.36. The fourth-order valence-electron chi connectivity index (χ4n) is 3.01. The van der Waals surface area contributed by atoms with Crippen LogP contribution in [0.15, 0.2) is 30.3 Å². The summed E-state index contributed by atoms with van der Waals surface area (Å²) in [6.07, 6.45) is 4.54. The summed E-state index contributed by atoms with van der Waals surface area (Å²) in [7, 11) is 2.15. The molecule has 0 saturated heterocycles. The highest BCUT2D eigenvalue weighted by Gasteiger charge is 2.22. The predicted octanol–water partition coefficient (Wildman–Crippen LogP) is 3.20. The molecule has 0 atom stereocenters. The molecule has 0 N–H and O–H groups in total. The molecule has 0 unspecified atom stereocenters. The Hall–Kier alpha value is -1.26. The number of hydrogen-bond acceptors (Lipinski definition) is 3. The first-order chi connectivity index (χ1) is 10.3. The topological polar surface area (TPSA) is 21.1 Å². The Morgan fingerprint density at radius 2 is 2.05 bits per heavy atom. The second-order valence-electron chi connectivity index (χ2n) is 5.63. The van der Waals surface area contributed by atoms with Gasteiger partial charge < -0.3 is 4.57 Å². The van der Waals surface area contributed by atoms with Crippen LogP contribution in [0.2, 0.25) is 0 Å². The van der Waals surface area contributed by atoms with Gasteiger partial charge in [-0.2, -0.15) is 11.8 Å². The maximum absolute atomic E-state index is 4.88. The number of hydrogen-bond donors (Lipinski definition) is 0. The van der Waals surface area contributed by atoms with E-state index in [0.29, 0.717) is 0 Å². The summed E-state index contributed by atoms with van der Waals surface area (Å²) in [5, 5.41) is 0. The lowest BCUT2D eigenvalue weighted by Crippen LogP contribution is -2.32. The predicted molar refractivity (Wildman–Crippen MR) is 90.6 cm³/mol. The highest BCUT2D eigenvalue weighted by molar-refractivity contribution is 7.98. The van der Waals surface area contributed by atoms with Crippen molar-refractivity contribution in [3.8, 4) is 11.4 Å². The molecule has 21 heavy (non-hydrogen) atoms. The summed E-state index contributed by atoms with van der Waals surface area (Å²) in [6, 6.07) is 10.5. The Morgan fingerprint density at radius 3 is 2.81 bits per heavy atom. The van der Waals surface area contributed by atoms with E-state index in [9.17, 15) is 0 Å². The molecule has 1 aliphatic heterocycles. The molecule has 1 aromatic carbocycles. The maximum atomic E-state index is 4.88. The normalized spacial score (nSPS) is 15.1. The molecule has 0 amide bonds. The smallest absolute Gasteiger partial charge is 0.140 e. The van der Waals surface area contributed by atoms with Crippen molar-refractivity contribution in [1.82, 2.24) is 14.5 Å². The first kappa shape index (κ1) is 14.7. The lowest BCUT2D eigenvalue weighted by Gasteiger charge is -2.26. The van der Waals surface area contributed by atoms with Gasteiger partial charge in [0.05, 0.1) is 11.4 Å². The van der Waals surface area contributed by atoms with E-state index in [-0.39, 0.29) is 0 Å². The van der Waals surface area contributed by atoms with Crippen LogP contribution in [0, 0.1) is 0 Å². The standard InChI is InChI=1S/C17H23N3S/c1-19-16-13-20(10-6-12-21-2)11-9-15(16)18-17(19)14-7-4-3-5-8-14/h3-5,7-8H,6,9-13H2,1-2H3. The van der Waals surface area contributed by atoms with E-state index >= 15 is 0 Å². The van der Waals surface area contributed by atoms with Crippen LogP contribution in [-0.4, -0.2) is 39.5 Å². The van der Waals surface area contributed by atoms with E-state index < -0.39 is 0 Å². The van der Waals surface area contributed by atoms with Crippen LogP contribution in [0.3, 0.4) is 0 Å². The number of aromatic nitrogens is 2. The zero-order valence-corrected chi connectivity index (χ0v) is 13.7. The van der Waals surface area contributed by atoms with Gasteiger partial charge in [-0.25, -0.2) is 4.98 Å². The molecule has 0 saturated carbocycles. The number of imidazole rings is 1. The fraction of sp³-hybridized carbons (Fsp3) is 0.471. The Morgan fingerprint density at radius 1 is 1.24 bits per heavy atom. The van der Waals surface area contributed by atoms with Gasteiger partial charge in [0.1, 0.15) is 5.82 Å². The zero-order valence-electron chi connectivity index (χ0n) is 12.9. The van der Waals surface area contributed by atoms with Gasteiger partial charge in [-0.1, -0.05) is 30.3 Å². The maximum Gasteiger partial charge on any atom is 0.140 e. The van der Waals surface area contributed by atoms with Crippen LogP contribution in [0.25, 0.3) is 11.4 Å². The Kier molecular flexibility index (Phi) is 4.66. The van der Waals surface area contributed by atoms with E-state index in [1.165, 1.54) is 35.7 Å². The third-order valence-corrected chi connectivity index (χ3v) is 4.89. The summed E-state index contributed by atoms with van der Waals surface area (Å²) in [6.45, 7) is 3.39. The first-order valence-corrected chi connectivity index (χ1v) is 9.00. The van der Waals surface area contributed by atoms with Crippen LogP contribution < -0.4 is 0 Å². The van der Waals surface area contributed by atoms with Crippen LogP contribution in [0.5, 0.6) is 0 Å². The number of thioether (sulfide) groups is 1. The molecule has 2 heterocycles. The third kappa shape index (κ3) is 3.16. The van der Waals surface area contributed by atoms with Crippen LogP contribution in [0.1, 0.15) is 17.8 Å². The van der Waals surface area contributed by atoms with Gasteiger partial charge in [0.2, 0.25) is 0 Å². The minimum absolute atomic E-state index is 1.04. The highest BCUT2D eigenvalue weighted by Crippen LogP contribution is 2.25. The van der Waals surface area contributed by atoms with Crippen LogP contribution in [-0.2, 0) is 20.0 Å². The zero-order chi connectivity index (χ0) is 14.7. The number of fused-ring (bicyclic) bond motifs is 1. The summed E-state index contributed by atoms with van der Waals surface area (Å²) < 4.78 is 2.28. The van der Waals surface area contributed by atoms with Gasteiger partial charge in [-0.3, -0.25) is 4.90 Å².